The van der Waals surface area contributed by atoms with Gasteiger partial charge in [-0.25, -0.2) is 14.8 Å². The van der Waals surface area contributed by atoms with Crippen LogP contribution in [0.15, 0.2) is 54.9 Å². The molecule has 3 N–H and O–H groups in total. The van der Waals surface area contributed by atoms with Gasteiger partial charge in [0.1, 0.15) is 6.33 Å². The Hall–Kier alpha value is -4.54. The summed E-state index contributed by atoms with van der Waals surface area (Å²) in [6, 6.07) is 13.0. The summed E-state index contributed by atoms with van der Waals surface area (Å²) in [6.45, 7) is 1.39. The second-order valence-electron chi connectivity index (χ2n) is 6.22. The van der Waals surface area contributed by atoms with Crippen LogP contribution >= 0.6 is 0 Å². The van der Waals surface area contributed by atoms with Crippen molar-refractivity contribution in [2.45, 2.75) is 6.92 Å². The zero-order valence-corrected chi connectivity index (χ0v) is 16.6. The lowest BCUT2D eigenvalue weighted by molar-refractivity contribution is -0.383. The number of rotatable bonds is 7. The number of hydrogen-bond acceptors (Lipinski definition) is 9. The molecule has 0 aliphatic carbocycles. The van der Waals surface area contributed by atoms with Crippen LogP contribution in [0.5, 0.6) is 0 Å². The molecule has 0 saturated carbocycles. The molecule has 0 bridgehead atoms. The van der Waals surface area contributed by atoms with Gasteiger partial charge in [0.25, 0.3) is 0 Å². The average molecular weight is 422 g/mol. The molecule has 0 spiro atoms. The van der Waals surface area contributed by atoms with Crippen molar-refractivity contribution in [2.75, 3.05) is 23.1 Å². The Morgan fingerprint density at radius 1 is 0.968 bits per heavy atom. The van der Waals surface area contributed by atoms with Gasteiger partial charge in [-0.3, -0.25) is 14.9 Å². The van der Waals surface area contributed by atoms with E-state index in [0.717, 1.165) is 6.33 Å². The van der Waals surface area contributed by atoms with E-state index in [1.165, 1.54) is 20.1 Å². The Balaban J connectivity index is 1.93. The molecule has 1 heterocycles. The number of nitrogens with one attached hydrogen (secondary N) is 3. The second kappa shape index (κ2) is 9.31. The number of benzene rings is 2. The minimum atomic E-state index is -0.628. The van der Waals surface area contributed by atoms with E-state index >= 15 is 0 Å². The quantitative estimate of drug-likeness (QED) is 0.295. The molecule has 1 aromatic heterocycles. The normalized spacial score (nSPS) is 10.1. The molecule has 2 aromatic carbocycles. The number of carbonyl (C=O) groups is 2. The Bertz CT molecular complexity index is 1130. The summed E-state index contributed by atoms with van der Waals surface area (Å²) in [4.78, 5) is 42.2. The molecule has 0 radical (unpaired) electrons. The van der Waals surface area contributed by atoms with E-state index < -0.39 is 16.6 Å². The van der Waals surface area contributed by atoms with Crippen molar-refractivity contribution in [1.82, 2.24) is 9.97 Å². The minimum absolute atomic E-state index is 0.0506. The highest BCUT2D eigenvalue weighted by atomic mass is 16.6. The fourth-order valence-corrected chi connectivity index (χ4v) is 2.72. The number of nitrogens with zero attached hydrogens (tertiary/aromatic N) is 3. The number of para-hydroxylation sites is 1. The summed E-state index contributed by atoms with van der Waals surface area (Å²) in [5, 5.41) is 20.1. The van der Waals surface area contributed by atoms with Gasteiger partial charge < -0.3 is 20.7 Å². The zero-order valence-electron chi connectivity index (χ0n) is 16.6. The monoisotopic (exact) mass is 422 g/mol. The van der Waals surface area contributed by atoms with Crippen molar-refractivity contribution < 1.29 is 19.2 Å². The van der Waals surface area contributed by atoms with E-state index in [1.807, 2.05) is 0 Å². The molecule has 11 nitrogen and oxygen atoms in total. The number of aromatic nitrogens is 2. The lowest BCUT2D eigenvalue weighted by Gasteiger charge is -2.12. The van der Waals surface area contributed by atoms with Crippen molar-refractivity contribution in [1.29, 1.82) is 0 Å². The zero-order chi connectivity index (χ0) is 22.4. The van der Waals surface area contributed by atoms with Gasteiger partial charge in [0.15, 0.2) is 0 Å². The maximum atomic E-state index is 12.0. The Morgan fingerprint density at radius 3 is 2.19 bits per heavy atom. The fraction of sp³-hybridized carbons (Fsp3) is 0.100. The molecule has 158 valence electrons. The summed E-state index contributed by atoms with van der Waals surface area (Å²) in [6.07, 6.45) is 1.16. The lowest BCUT2D eigenvalue weighted by atomic mass is 10.2. The smallest absolute Gasteiger partial charge is 0.353 e. The minimum Gasteiger partial charge on any atom is -0.465 e. The Kier molecular flexibility index (Phi) is 6.36. The topological polar surface area (TPSA) is 148 Å². The average Bonchev–Trinajstić information content (AvgIpc) is 2.74. The molecular formula is C20H18N6O5. The van der Waals surface area contributed by atoms with Crippen molar-refractivity contribution >= 4 is 46.3 Å². The second-order valence-corrected chi connectivity index (χ2v) is 6.22. The number of anilines is 5. The van der Waals surface area contributed by atoms with Crippen molar-refractivity contribution in [3.63, 3.8) is 0 Å². The molecular weight excluding hydrogens is 404 g/mol. The summed E-state index contributed by atoms with van der Waals surface area (Å²) in [5.74, 6) is -0.966. The highest BCUT2D eigenvalue weighted by molar-refractivity contribution is 5.97. The molecule has 0 saturated heterocycles. The van der Waals surface area contributed by atoms with E-state index in [2.05, 4.69) is 25.9 Å². The summed E-state index contributed by atoms with van der Waals surface area (Å²) < 4.78 is 4.74. The number of carbonyl (C=O) groups excluding carboxylic acids is 2. The molecule has 0 unspecified atom stereocenters. The molecule has 3 rings (SSSR count). The number of amides is 1. The van der Waals surface area contributed by atoms with Crippen LogP contribution in [0.25, 0.3) is 0 Å². The van der Waals surface area contributed by atoms with Crippen LogP contribution in [0.4, 0.5) is 34.4 Å². The van der Waals surface area contributed by atoms with E-state index in [-0.39, 0.29) is 23.1 Å². The molecule has 0 aliphatic heterocycles. The van der Waals surface area contributed by atoms with Gasteiger partial charge in [-0.1, -0.05) is 12.1 Å². The van der Waals surface area contributed by atoms with Gasteiger partial charge in [0.2, 0.25) is 17.5 Å². The van der Waals surface area contributed by atoms with Gasteiger partial charge in [-0.15, -0.1) is 0 Å². The number of esters is 1. The third-order valence-electron chi connectivity index (χ3n) is 4.06. The van der Waals surface area contributed by atoms with E-state index in [4.69, 9.17) is 4.74 Å². The predicted octanol–water partition coefficient (Wildman–Crippen LogP) is 3.62. The van der Waals surface area contributed by atoms with E-state index in [0.29, 0.717) is 17.1 Å². The van der Waals surface area contributed by atoms with Crippen LogP contribution in [-0.2, 0) is 9.53 Å². The van der Waals surface area contributed by atoms with Gasteiger partial charge in [0, 0.05) is 18.3 Å². The highest BCUT2D eigenvalue weighted by Gasteiger charge is 2.24. The van der Waals surface area contributed by atoms with Crippen LogP contribution in [0.2, 0.25) is 0 Å². The van der Waals surface area contributed by atoms with Gasteiger partial charge in [0.05, 0.1) is 23.3 Å². The molecule has 1 amide bonds. The highest BCUT2D eigenvalue weighted by Crippen LogP contribution is 2.34. The summed E-state index contributed by atoms with van der Waals surface area (Å²) >= 11 is 0. The predicted molar refractivity (Wildman–Crippen MR) is 114 cm³/mol. The molecule has 3 aromatic rings. The molecule has 31 heavy (non-hydrogen) atoms. The first-order valence-corrected chi connectivity index (χ1v) is 8.97. The number of methoxy groups -OCH3 is 1. The van der Waals surface area contributed by atoms with Crippen molar-refractivity contribution in [2.24, 2.45) is 0 Å². The lowest BCUT2D eigenvalue weighted by Crippen LogP contribution is -2.09. The standard InChI is InChI=1S/C20H18N6O5/c1-12(27)23-13-7-9-14(10-8-13)24-18-17(26(29)30)19(22-11-21-18)25-16-6-4-3-5-15(16)20(28)31-2/h3-11H,1-2H3,(H,23,27)(H2,21,22,24,25). The number of ether oxygens (including phenoxy) is 1. The third kappa shape index (κ3) is 5.09. The number of nitro groups is 1. The molecule has 0 atom stereocenters. The number of hydrogen-bond donors (Lipinski definition) is 3. The first-order chi connectivity index (χ1) is 14.9. The van der Waals surface area contributed by atoms with Crippen LogP contribution < -0.4 is 16.0 Å². The van der Waals surface area contributed by atoms with Gasteiger partial charge >= 0.3 is 11.7 Å². The summed E-state index contributed by atoms with van der Waals surface area (Å²) in [5.41, 5.74) is 1.17. The maximum absolute atomic E-state index is 12.0. The van der Waals surface area contributed by atoms with Crippen molar-refractivity contribution in [3.8, 4) is 0 Å². The third-order valence-corrected chi connectivity index (χ3v) is 4.06. The maximum Gasteiger partial charge on any atom is 0.353 e. The SMILES string of the molecule is COC(=O)c1ccccc1Nc1ncnc(Nc2ccc(NC(C)=O)cc2)c1[N+](=O)[O-]. The van der Waals surface area contributed by atoms with E-state index in [9.17, 15) is 19.7 Å². The van der Waals surface area contributed by atoms with E-state index in [1.54, 1.807) is 42.5 Å². The fourth-order valence-electron chi connectivity index (χ4n) is 2.72. The Labute approximate surface area is 176 Å². The molecule has 0 fully saturated rings. The Morgan fingerprint density at radius 2 is 1.58 bits per heavy atom. The van der Waals surface area contributed by atoms with Crippen LogP contribution in [0.1, 0.15) is 17.3 Å². The molecule has 0 aliphatic rings. The van der Waals surface area contributed by atoms with Gasteiger partial charge in [-0.2, -0.15) is 0 Å². The molecule has 11 heteroatoms. The van der Waals surface area contributed by atoms with Crippen molar-refractivity contribution in [3.05, 3.63) is 70.5 Å². The van der Waals surface area contributed by atoms with Crippen LogP contribution in [0, 0.1) is 10.1 Å². The van der Waals surface area contributed by atoms with Crippen LogP contribution in [0.3, 0.4) is 0 Å². The first-order valence-electron chi connectivity index (χ1n) is 8.97. The van der Waals surface area contributed by atoms with Crippen LogP contribution in [-0.4, -0.2) is 33.9 Å². The largest absolute Gasteiger partial charge is 0.465 e. The van der Waals surface area contributed by atoms with Gasteiger partial charge in [-0.05, 0) is 36.4 Å². The first kappa shape index (κ1) is 21.2. The summed E-state index contributed by atoms with van der Waals surface area (Å²) in [7, 11) is 1.24.